The third-order valence-corrected chi connectivity index (χ3v) is 4.08. The largest absolute Gasteiger partial charge is 0.497 e. The second-order valence-electron chi connectivity index (χ2n) is 5.65. The van der Waals surface area contributed by atoms with Crippen LogP contribution in [0.4, 0.5) is 4.39 Å². The van der Waals surface area contributed by atoms with E-state index in [9.17, 15) is 14.0 Å². The zero-order valence-electron chi connectivity index (χ0n) is 15.4. The minimum absolute atomic E-state index is 0.0143. The molecule has 2 aromatic carbocycles. The fourth-order valence-electron chi connectivity index (χ4n) is 2.76. The molecule has 0 aliphatic rings. The fraction of sp³-hybridized carbons (Fsp3) is 0.150. The summed E-state index contributed by atoms with van der Waals surface area (Å²) in [6, 6.07) is 12.7. The van der Waals surface area contributed by atoms with Crippen LogP contribution in [-0.4, -0.2) is 43.0 Å². The minimum atomic E-state index is -0.847. The summed E-state index contributed by atoms with van der Waals surface area (Å²) in [7, 11) is 3.77. The highest BCUT2D eigenvalue weighted by atomic mass is 19.1. The van der Waals surface area contributed by atoms with Crippen molar-refractivity contribution in [2.45, 2.75) is 0 Å². The normalized spacial score (nSPS) is 10.4. The van der Waals surface area contributed by atoms with Crippen LogP contribution < -0.4 is 4.74 Å². The van der Waals surface area contributed by atoms with Crippen molar-refractivity contribution in [3.05, 3.63) is 65.6 Å². The first-order chi connectivity index (χ1) is 13.5. The van der Waals surface area contributed by atoms with Crippen molar-refractivity contribution in [1.82, 2.24) is 9.78 Å². The Morgan fingerprint density at radius 3 is 2.25 bits per heavy atom. The van der Waals surface area contributed by atoms with Crippen LogP contribution in [0.1, 0.15) is 20.8 Å². The molecule has 8 heteroatoms. The van der Waals surface area contributed by atoms with Gasteiger partial charge in [-0.25, -0.2) is 18.7 Å². The number of carbonyl (C=O) groups excluding carboxylic acids is 2. The molecule has 0 radical (unpaired) electrons. The van der Waals surface area contributed by atoms with E-state index in [0.29, 0.717) is 11.4 Å². The number of hydrogen-bond donors (Lipinski definition) is 0. The van der Waals surface area contributed by atoms with Gasteiger partial charge >= 0.3 is 11.9 Å². The van der Waals surface area contributed by atoms with E-state index in [1.165, 1.54) is 37.1 Å². The standard InChI is InChI=1S/C20H17FN2O5/c1-26-13-9-10-15(21)14(11-13)17-16(19(24)27-2)18(20(25)28-3)23(22-17)12-7-5-4-6-8-12/h4-11H,1-3H3. The van der Waals surface area contributed by atoms with Crippen LogP contribution in [-0.2, 0) is 9.47 Å². The molecule has 28 heavy (non-hydrogen) atoms. The monoisotopic (exact) mass is 384 g/mol. The van der Waals surface area contributed by atoms with E-state index in [0.717, 1.165) is 7.11 Å². The van der Waals surface area contributed by atoms with Gasteiger partial charge in [-0.2, -0.15) is 5.10 Å². The summed E-state index contributed by atoms with van der Waals surface area (Å²) in [5.41, 5.74) is 0.0396. The van der Waals surface area contributed by atoms with Crippen LogP contribution in [0.15, 0.2) is 48.5 Å². The van der Waals surface area contributed by atoms with Crippen LogP contribution in [0.3, 0.4) is 0 Å². The lowest BCUT2D eigenvalue weighted by atomic mass is 10.0. The zero-order chi connectivity index (χ0) is 20.3. The molecule has 0 aliphatic carbocycles. The summed E-state index contributed by atoms with van der Waals surface area (Å²) in [6.07, 6.45) is 0. The lowest BCUT2D eigenvalue weighted by molar-refractivity contribution is 0.0549. The second-order valence-corrected chi connectivity index (χ2v) is 5.65. The molecular weight excluding hydrogens is 367 g/mol. The molecule has 0 N–H and O–H groups in total. The topological polar surface area (TPSA) is 79.7 Å². The summed E-state index contributed by atoms with van der Waals surface area (Å²) < 4.78 is 30.6. The maximum Gasteiger partial charge on any atom is 0.357 e. The Morgan fingerprint density at radius 2 is 1.64 bits per heavy atom. The van der Waals surface area contributed by atoms with Crippen molar-refractivity contribution in [2.75, 3.05) is 21.3 Å². The van der Waals surface area contributed by atoms with E-state index in [4.69, 9.17) is 14.2 Å². The zero-order valence-corrected chi connectivity index (χ0v) is 15.4. The molecule has 0 aliphatic heterocycles. The maximum absolute atomic E-state index is 14.6. The first-order valence-electron chi connectivity index (χ1n) is 8.20. The highest BCUT2D eigenvalue weighted by Gasteiger charge is 2.32. The molecule has 0 fully saturated rings. The van der Waals surface area contributed by atoms with E-state index in [1.54, 1.807) is 30.3 Å². The highest BCUT2D eigenvalue weighted by Crippen LogP contribution is 2.32. The van der Waals surface area contributed by atoms with Crippen molar-refractivity contribution in [2.24, 2.45) is 0 Å². The van der Waals surface area contributed by atoms with Gasteiger partial charge in [0.2, 0.25) is 0 Å². The smallest absolute Gasteiger partial charge is 0.357 e. The first kappa shape index (κ1) is 19.1. The van der Waals surface area contributed by atoms with Crippen molar-refractivity contribution in [1.29, 1.82) is 0 Å². The quantitative estimate of drug-likeness (QED) is 0.628. The second kappa shape index (κ2) is 7.91. The molecule has 0 saturated heterocycles. The Bertz CT molecular complexity index is 1030. The van der Waals surface area contributed by atoms with Gasteiger partial charge in [0.25, 0.3) is 0 Å². The molecular formula is C20H17FN2O5. The molecule has 0 unspecified atom stereocenters. The van der Waals surface area contributed by atoms with Gasteiger partial charge in [0.1, 0.15) is 22.8 Å². The molecule has 0 amide bonds. The molecule has 1 heterocycles. The minimum Gasteiger partial charge on any atom is -0.497 e. The first-order valence-corrected chi connectivity index (χ1v) is 8.20. The summed E-state index contributed by atoms with van der Waals surface area (Å²) in [4.78, 5) is 25.0. The fourth-order valence-corrected chi connectivity index (χ4v) is 2.76. The number of halogens is 1. The number of rotatable bonds is 5. The predicted molar refractivity (Wildman–Crippen MR) is 98.2 cm³/mol. The number of esters is 2. The third kappa shape index (κ3) is 3.32. The van der Waals surface area contributed by atoms with Gasteiger partial charge in [0.05, 0.1) is 27.0 Å². The van der Waals surface area contributed by atoms with E-state index >= 15 is 0 Å². The van der Waals surface area contributed by atoms with E-state index in [1.807, 2.05) is 0 Å². The van der Waals surface area contributed by atoms with Crippen LogP contribution in [0.25, 0.3) is 16.9 Å². The Labute approximate surface area is 160 Å². The number of nitrogens with zero attached hydrogens (tertiary/aromatic N) is 2. The van der Waals surface area contributed by atoms with Crippen LogP contribution in [0.5, 0.6) is 5.75 Å². The number of ether oxygens (including phenoxy) is 3. The van der Waals surface area contributed by atoms with Gasteiger partial charge < -0.3 is 14.2 Å². The summed E-state index contributed by atoms with van der Waals surface area (Å²) in [6.45, 7) is 0. The van der Waals surface area contributed by atoms with E-state index in [2.05, 4.69) is 5.10 Å². The van der Waals surface area contributed by atoms with Gasteiger partial charge in [0.15, 0.2) is 5.69 Å². The highest BCUT2D eigenvalue weighted by molar-refractivity contribution is 6.06. The molecule has 0 bridgehead atoms. The molecule has 0 spiro atoms. The predicted octanol–water partition coefficient (Wildman–Crippen LogP) is 3.26. The Balaban J connectivity index is 2.39. The number of benzene rings is 2. The Kier molecular flexibility index (Phi) is 5.39. The molecule has 0 saturated carbocycles. The van der Waals surface area contributed by atoms with Crippen molar-refractivity contribution >= 4 is 11.9 Å². The lowest BCUT2D eigenvalue weighted by Crippen LogP contribution is -2.15. The van der Waals surface area contributed by atoms with Crippen molar-refractivity contribution < 1.29 is 28.2 Å². The van der Waals surface area contributed by atoms with Crippen LogP contribution in [0.2, 0.25) is 0 Å². The van der Waals surface area contributed by atoms with Crippen molar-refractivity contribution in [3.63, 3.8) is 0 Å². The van der Waals surface area contributed by atoms with Gasteiger partial charge in [-0.15, -0.1) is 0 Å². The number of carbonyl (C=O) groups is 2. The van der Waals surface area contributed by atoms with Crippen LogP contribution >= 0.6 is 0 Å². The van der Waals surface area contributed by atoms with E-state index in [-0.39, 0.29) is 22.5 Å². The number of para-hydroxylation sites is 1. The maximum atomic E-state index is 14.6. The molecule has 3 rings (SSSR count). The summed E-state index contributed by atoms with van der Waals surface area (Å²) in [5.74, 6) is -1.94. The van der Waals surface area contributed by atoms with Gasteiger partial charge in [-0.05, 0) is 30.3 Å². The molecule has 1 aromatic heterocycles. The lowest BCUT2D eigenvalue weighted by Gasteiger charge is -2.07. The number of hydrogen-bond acceptors (Lipinski definition) is 6. The molecule has 144 valence electrons. The SMILES string of the molecule is COC(=O)c1c(-c2cc(OC)ccc2F)nn(-c2ccccc2)c1C(=O)OC. The molecule has 7 nitrogen and oxygen atoms in total. The number of aromatic nitrogens is 2. The Hall–Kier alpha value is -3.68. The van der Waals surface area contributed by atoms with Gasteiger partial charge in [-0.1, -0.05) is 18.2 Å². The van der Waals surface area contributed by atoms with Gasteiger partial charge in [0, 0.05) is 5.56 Å². The average Bonchev–Trinajstić information content (AvgIpc) is 3.14. The summed E-state index contributed by atoms with van der Waals surface area (Å²) in [5, 5.41) is 4.34. The van der Waals surface area contributed by atoms with Crippen LogP contribution in [0, 0.1) is 5.82 Å². The summed E-state index contributed by atoms with van der Waals surface area (Å²) >= 11 is 0. The third-order valence-electron chi connectivity index (χ3n) is 4.08. The molecule has 3 aromatic rings. The number of methoxy groups -OCH3 is 3. The molecule has 0 atom stereocenters. The van der Waals surface area contributed by atoms with E-state index < -0.39 is 17.8 Å². The van der Waals surface area contributed by atoms with Crippen molar-refractivity contribution in [3.8, 4) is 22.7 Å². The Morgan fingerprint density at radius 1 is 0.964 bits per heavy atom. The average molecular weight is 384 g/mol. The van der Waals surface area contributed by atoms with Gasteiger partial charge in [-0.3, -0.25) is 0 Å².